The van der Waals surface area contributed by atoms with Gasteiger partial charge in [-0.15, -0.1) is 0 Å². The van der Waals surface area contributed by atoms with E-state index in [1.54, 1.807) is 11.0 Å². The van der Waals surface area contributed by atoms with Crippen molar-refractivity contribution < 1.29 is 18.8 Å². The van der Waals surface area contributed by atoms with E-state index in [-0.39, 0.29) is 24.4 Å². The lowest BCUT2D eigenvalue weighted by atomic mass is 10.2. The van der Waals surface area contributed by atoms with Crippen LogP contribution in [0, 0.1) is 12.8 Å². The number of ether oxygens (including phenoxy) is 1. The molecular formula is C14H18N2O4. The molecule has 6 heteroatoms. The molecule has 3 rings (SSSR count). The predicted octanol–water partition coefficient (Wildman–Crippen LogP) is 1.43. The second-order valence-electron chi connectivity index (χ2n) is 5.51. The van der Waals surface area contributed by atoms with Gasteiger partial charge in [-0.3, -0.25) is 4.79 Å². The summed E-state index contributed by atoms with van der Waals surface area (Å²) < 4.78 is 10.2. The number of amides is 1. The minimum Gasteiger partial charge on any atom is -0.456 e. The van der Waals surface area contributed by atoms with Gasteiger partial charge in [0.2, 0.25) is 5.91 Å². The highest BCUT2D eigenvalue weighted by atomic mass is 16.6. The van der Waals surface area contributed by atoms with Gasteiger partial charge in [0.1, 0.15) is 6.04 Å². The Morgan fingerprint density at radius 2 is 2.25 bits per heavy atom. The van der Waals surface area contributed by atoms with Gasteiger partial charge in [-0.1, -0.05) is 5.16 Å². The maximum atomic E-state index is 12.1. The molecule has 1 saturated carbocycles. The first-order valence-electron chi connectivity index (χ1n) is 7.04. The monoisotopic (exact) mass is 278 g/mol. The summed E-state index contributed by atoms with van der Waals surface area (Å²) in [4.78, 5) is 25.9. The number of nitrogens with zero attached hydrogens (tertiary/aromatic N) is 2. The predicted molar refractivity (Wildman–Crippen MR) is 68.5 cm³/mol. The summed E-state index contributed by atoms with van der Waals surface area (Å²) in [7, 11) is 0. The lowest BCUT2D eigenvalue weighted by Crippen LogP contribution is -2.42. The normalized spacial score (nSPS) is 22.1. The number of hydrogen-bond acceptors (Lipinski definition) is 5. The molecular weight excluding hydrogens is 260 g/mol. The molecule has 0 unspecified atom stereocenters. The van der Waals surface area contributed by atoms with Crippen molar-refractivity contribution in [2.45, 2.75) is 45.3 Å². The van der Waals surface area contributed by atoms with Crippen LogP contribution in [0.5, 0.6) is 0 Å². The van der Waals surface area contributed by atoms with E-state index in [1.165, 1.54) is 0 Å². The van der Waals surface area contributed by atoms with Crippen molar-refractivity contribution in [3.63, 3.8) is 0 Å². The van der Waals surface area contributed by atoms with Crippen LogP contribution in [0.2, 0.25) is 0 Å². The Hall–Kier alpha value is -1.85. The second-order valence-corrected chi connectivity index (χ2v) is 5.51. The molecule has 0 radical (unpaired) electrons. The smallest absolute Gasteiger partial charge is 0.329 e. The number of likely N-dealkylation sites (tertiary alicyclic amines) is 1. The zero-order chi connectivity index (χ0) is 14.1. The van der Waals surface area contributed by atoms with Crippen LogP contribution in [0.1, 0.15) is 37.1 Å². The van der Waals surface area contributed by atoms with Crippen LogP contribution >= 0.6 is 0 Å². The standard InChI is InChI=1S/C14H18N2O4/c1-9-7-11(20-15-9)8-19-14(18)12-3-2-6-16(12)13(17)10-4-5-10/h7,10,12H,2-6,8H2,1H3/t12-/m0/s1. The van der Waals surface area contributed by atoms with Gasteiger partial charge in [0.15, 0.2) is 12.4 Å². The first kappa shape index (κ1) is 13.1. The third kappa shape index (κ3) is 2.69. The summed E-state index contributed by atoms with van der Waals surface area (Å²) in [5, 5.41) is 3.74. The molecule has 2 fully saturated rings. The molecule has 2 heterocycles. The Balaban J connectivity index is 1.56. The Labute approximate surface area is 117 Å². The van der Waals surface area contributed by atoms with Crippen LogP contribution in [0.4, 0.5) is 0 Å². The maximum Gasteiger partial charge on any atom is 0.329 e. The van der Waals surface area contributed by atoms with Gasteiger partial charge in [-0.25, -0.2) is 4.79 Å². The fourth-order valence-corrected chi connectivity index (χ4v) is 2.56. The molecule has 0 aromatic carbocycles. The summed E-state index contributed by atoms with van der Waals surface area (Å²) in [6.45, 7) is 2.54. The highest BCUT2D eigenvalue weighted by molar-refractivity contribution is 5.87. The SMILES string of the molecule is Cc1cc(COC(=O)[C@@H]2CCCN2C(=O)C2CC2)on1. The van der Waals surface area contributed by atoms with Crippen LogP contribution < -0.4 is 0 Å². The van der Waals surface area contributed by atoms with Crippen molar-refractivity contribution in [2.75, 3.05) is 6.54 Å². The topological polar surface area (TPSA) is 72.6 Å². The molecule has 1 amide bonds. The summed E-state index contributed by atoms with van der Waals surface area (Å²) >= 11 is 0. The Morgan fingerprint density at radius 1 is 1.45 bits per heavy atom. The number of hydrogen-bond donors (Lipinski definition) is 0. The summed E-state index contributed by atoms with van der Waals surface area (Å²) in [5.74, 6) is 0.430. The largest absolute Gasteiger partial charge is 0.456 e. The number of esters is 1. The van der Waals surface area contributed by atoms with Crippen molar-refractivity contribution in [1.29, 1.82) is 0 Å². The van der Waals surface area contributed by atoms with Gasteiger partial charge in [0.05, 0.1) is 5.69 Å². The Bertz CT molecular complexity index is 521. The van der Waals surface area contributed by atoms with Crippen molar-refractivity contribution in [3.8, 4) is 0 Å². The number of carbonyl (C=O) groups is 2. The molecule has 0 spiro atoms. The zero-order valence-electron chi connectivity index (χ0n) is 11.5. The molecule has 1 aromatic rings. The van der Waals surface area contributed by atoms with E-state index in [0.717, 1.165) is 25.0 Å². The molecule has 1 aliphatic heterocycles. The van der Waals surface area contributed by atoms with Gasteiger partial charge < -0.3 is 14.2 Å². The van der Waals surface area contributed by atoms with Crippen molar-refractivity contribution in [1.82, 2.24) is 10.1 Å². The van der Waals surface area contributed by atoms with Gasteiger partial charge in [-0.2, -0.15) is 0 Å². The third-order valence-electron chi connectivity index (χ3n) is 3.77. The highest BCUT2D eigenvalue weighted by Gasteiger charge is 2.41. The molecule has 6 nitrogen and oxygen atoms in total. The quantitative estimate of drug-likeness (QED) is 0.779. The minimum atomic E-state index is -0.424. The van der Waals surface area contributed by atoms with Gasteiger partial charge in [0.25, 0.3) is 0 Å². The molecule has 20 heavy (non-hydrogen) atoms. The maximum absolute atomic E-state index is 12.1. The van der Waals surface area contributed by atoms with Crippen molar-refractivity contribution in [2.24, 2.45) is 5.92 Å². The fraction of sp³-hybridized carbons (Fsp3) is 0.643. The van der Waals surface area contributed by atoms with Crippen molar-refractivity contribution in [3.05, 3.63) is 17.5 Å². The van der Waals surface area contributed by atoms with E-state index >= 15 is 0 Å². The summed E-state index contributed by atoms with van der Waals surface area (Å²) in [6.07, 6.45) is 3.45. The van der Waals surface area contributed by atoms with Gasteiger partial charge in [-0.05, 0) is 32.6 Å². The Kier molecular flexibility index (Phi) is 3.46. The van der Waals surface area contributed by atoms with E-state index in [4.69, 9.17) is 9.26 Å². The van der Waals surface area contributed by atoms with Crippen LogP contribution in [0.15, 0.2) is 10.6 Å². The summed E-state index contributed by atoms with van der Waals surface area (Å²) in [5.41, 5.74) is 0.752. The second kappa shape index (κ2) is 5.26. The van der Waals surface area contributed by atoms with Crippen molar-refractivity contribution >= 4 is 11.9 Å². The van der Waals surface area contributed by atoms with Crippen LogP contribution in [-0.4, -0.2) is 34.5 Å². The molecule has 1 atom stereocenters. The van der Waals surface area contributed by atoms with Crippen LogP contribution in [0.25, 0.3) is 0 Å². The molecule has 2 aliphatic rings. The third-order valence-corrected chi connectivity index (χ3v) is 3.77. The first-order valence-corrected chi connectivity index (χ1v) is 7.04. The lowest BCUT2D eigenvalue weighted by Gasteiger charge is -2.23. The molecule has 0 N–H and O–H groups in total. The van der Waals surface area contributed by atoms with E-state index in [9.17, 15) is 9.59 Å². The molecule has 0 bridgehead atoms. The average Bonchev–Trinajstić information content (AvgIpc) is 3.02. The number of aryl methyl sites for hydroxylation is 1. The van der Waals surface area contributed by atoms with E-state index in [1.807, 2.05) is 6.92 Å². The van der Waals surface area contributed by atoms with E-state index in [2.05, 4.69) is 5.16 Å². The zero-order valence-corrected chi connectivity index (χ0v) is 11.5. The highest BCUT2D eigenvalue weighted by Crippen LogP contribution is 2.33. The minimum absolute atomic E-state index is 0.0711. The van der Waals surface area contributed by atoms with Gasteiger partial charge >= 0.3 is 5.97 Å². The first-order chi connectivity index (χ1) is 9.65. The fourth-order valence-electron chi connectivity index (χ4n) is 2.56. The van der Waals surface area contributed by atoms with E-state index < -0.39 is 6.04 Å². The number of aromatic nitrogens is 1. The molecule has 1 aliphatic carbocycles. The van der Waals surface area contributed by atoms with Crippen LogP contribution in [-0.2, 0) is 20.9 Å². The Morgan fingerprint density at radius 3 is 2.90 bits per heavy atom. The molecule has 108 valence electrons. The summed E-state index contributed by atoms with van der Waals surface area (Å²) in [6, 6.07) is 1.31. The van der Waals surface area contributed by atoms with E-state index in [0.29, 0.717) is 18.7 Å². The number of rotatable bonds is 4. The molecule has 1 aromatic heterocycles. The lowest BCUT2D eigenvalue weighted by molar-refractivity contribution is -0.155. The average molecular weight is 278 g/mol. The molecule has 1 saturated heterocycles. The van der Waals surface area contributed by atoms with Gasteiger partial charge in [0, 0.05) is 18.5 Å². The van der Waals surface area contributed by atoms with Crippen LogP contribution in [0.3, 0.4) is 0 Å². The number of carbonyl (C=O) groups excluding carboxylic acids is 2.